The first-order valence-electron chi connectivity index (χ1n) is 19.8. The van der Waals surface area contributed by atoms with Gasteiger partial charge in [-0.2, -0.15) is 0 Å². The first-order chi connectivity index (χ1) is 27.3. The lowest BCUT2D eigenvalue weighted by molar-refractivity contribution is -0.142. The lowest BCUT2D eigenvalue weighted by Crippen LogP contribution is -2.37. The summed E-state index contributed by atoms with van der Waals surface area (Å²) in [5.74, 6) is 0.602. The van der Waals surface area contributed by atoms with Gasteiger partial charge in [-0.15, -0.1) is 0 Å². The fraction of sp³-hybridized carbons (Fsp3) is 0.422. The van der Waals surface area contributed by atoms with Crippen LogP contribution in [0.25, 0.3) is 21.9 Å². The van der Waals surface area contributed by atoms with Gasteiger partial charge in [-0.25, -0.2) is 19.1 Å². The minimum Gasteiger partial charge on any atom is -0.481 e. The van der Waals surface area contributed by atoms with E-state index in [9.17, 15) is 14.7 Å². The second-order valence-corrected chi connectivity index (χ2v) is 17.2. The molecule has 3 N–H and O–H groups in total. The molecule has 3 aromatic carbocycles. The van der Waals surface area contributed by atoms with E-state index < -0.39 is 11.9 Å². The number of hydrogen-bond acceptors (Lipinski definition) is 8. The van der Waals surface area contributed by atoms with Gasteiger partial charge >= 0.3 is 11.9 Å². The van der Waals surface area contributed by atoms with Crippen LogP contribution in [0.1, 0.15) is 79.1 Å². The zero-order valence-corrected chi connectivity index (χ0v) is 34.6. The van der Waals surface area contributed by atoms with Gasteiger partial charge in [0.15, 0.2) is 18.2 Å². The largest absolute Gasteiger partial charge is 0.481 e. The van der Waals surface area contributed by atoms with Crippen molar-refractivity contribution in [3.63, 3.8) is 0 Å². The molecule has 298 valence electrons. The maximum Gasteiger partial charge on any atom is 0.331 e. The number of carboxylic acid groups (broad SMARTS) is 1. The summed E-state index contributed by atoms with van der Waals surface area (Å²) >= 11 is 1.43. The Labute approximate surface area is 339 Å². The standard InChI is InChI=1S/C45H52N6O5S/c1-25-9-11-28(4)36(21-25)55-24-47-34-23-33(13-14-35(34)50-17-15-32(16-18-50)44(52)53)41-48-42-38(45(54)56-40-30(6)19-27(3)20-31(40)7)39(46-8)43(51(42)49-41)57-37-22-26(2)10-12-29(37)5/h9-14,21-23,27,30-32,40,47H,15-20,24H2,1-7H3,(H,48,49)(H,52,53). The number of aromatic amines is 1. The third-order valence-electron chi connectivity index (χ3n) is 11.6. The van der Waals surface area contributed by atoms with E-state index in [1.54, 1.807) is 4.52 Å². The highest BCUT2D eigenvalue weighted by Gasteiger charge is 2.37. The van der Waals surface area contributed by atoms with Gasteiger partial charge in [-0.1, -0.05) is 56.8 Å². The van der Waals surface area contributed by atoms with Crippen LogP contribution in [0.4, 0.5) is 17.1 Å². The minimum absolute atomic E-state index is 0.163. The Bertz CT molecular complexity index is 2340. The molecule has 5 aromatic rings. The van der Waals surface area contributed by atoms with Crippen molar-refractivity contribution in [3.8, 4) is 17.1 Å². The van der Waals surface area contributed by atoms with Crippen LogP contribution in [-0.2, 0) is 9.53 Å². The van der Waals surface area contributed by atoms with Crippen molar-refractivity contribution in [3.05, 3.63) is 93.8 Å². The SMILES string of the molecule is [C-]#[N+]c1c(C(=O)OC2C(C)CC(C)CC2C)c2nc(-c3ccc(N4CCC(C(=O)O)CC4)c(NCOc4cc(C)ccc4C)c3)[nH]n2c1Sc1cc(C)ccc1C. The number of fused-ring (bicyclic) bond motifs is 1. The van der Waals surface area contributed by atoms with Gasteiger partial charge in [-0.05, 0) is 124 Å². The Hall–Kier alpha value is -5.41. The molecule has 1 saturated heterocycles. The second-order valence-electron chi connectivity index (χ2n) is 16.2. The highest BCUT2D eigenvalue weighted by atomic mass is 32.2. The predicted octanol–water partition coefficient (Wildman–Crippen LogP) is 10.2. The van der Waals surface area contributed by atoms with Crippen LogP contribution < -0.4 is 15.0 Å². The van der Waals surface area contributed by atoms with E-state index in [1.807, 2.05) is 58.0 Å². The molecule has 11 nitrogen and oxygen atoms in total. The first-order valence-corrected chi connectivity index (χ1v) is 20.7. The number of hydrogen-bond donors (Lipinski definition) is 3. The molecule has 2 fully saturated rings. The Kier molecular flexibility index (Phi) is 11.6. The van der Waals surface area contributed by atoms with Gasteiger partial charge in [0.1, 0.15) is 22.4 Å². The number of nitrogens with one attached hydrogen (secondary N) is 2. The van der Waals surface area contributed by atoms with Gasteiger partial charge in [0.25, 0.3) is 0 Å². The minimum atomic E-state index is -0.753. The number of ether oxygens (including phenoxy) is 2. The molecule has 2 atom stereocenters. The lowest BCUT2D eigenvalue weighted by Gasteiger charge is -2.37. The van der Waals surface area contributed by atoms with Crippen LogP contribution in [0.5, 0.6) is 5.75 Å². The number of anilines is 2. The number of piperidine rings is 1. The molecule has 3 heterocycles. The summed E-state index contributed by atoms with van der Waals surface area (Å²) in [4.78, 5) is 38.2. The van der Waals surface area contributed by atoms with Crippen molar-refractivity contribution >= 4 is 46.4 Å². The maximum atomic E-state index is 14.3. The van der Waals surface area contributed by atoms with Crippen LogP contribution in [-0.4, -0.2) is 57.6 Å². The molecule has 12 heteroatoms. The van der Waals surface area contributed by atoms with Gasteiger partial charge in [0, 0.05) is 23.5 Å². The highest BCUT2D eigenvalue weighted by molar-refractivity contribution is 7.99. The van der Waals surface area contributed by atoms with Crippen LogP contribution >= 0.6 is 11.8 Å². The smallest absolute Gasteiger partial charge is 0.331 e. The van der Waals surface area contributed by atoms with Crippen molar-refractivity contribution in [1.82, 2.24) is 14.6 Å². The fourth-order valence-corrected chi connectivity index (χ4v) is 9.69. The van der Waals surface area contributed by atoms with Crippen molar-refractivity contribution in [1.29, 1.82) is 0 Å². The Morgan fingerprint density at radius 3 is 2.33 bits per heavy atom. The number of aliphatic carboxylic acids is 1. The van der Waals surface area contributed by atoms with Crippen LogP contribution in [0.2, 0.25) is 0 Å². The number of aryl methyl sites for hydroxylation is 4. The molecule has 1 aliphatic carbocycles. The Morgan fingerprint density at radius 1 is 0.965 bits per heavy atom. The molecular formula is C45H52N6O5S. The van der Waals surface area contributed by atoms with Gasteiger partial charge < -0.3 is 24.8 Å². The summed E-state index contributed by atoms with van der Waals surface area (Å²) in [6, 6.07) is 18.3. The van der Waals surface area contributed by atoms with Gasteiger partial charge in [0.05, 0.1) is 23.9 Å². The van der Waals surface area contributed by atoms with Crippen LogP contribution in [0, 0.1) is 57.9 Å². The summed E-state index contributed by atoms with van der Waals surface area (Å²) < 4.78 is 14.3. The summed E-state index contributed by atoms with van der Waals surface area (Å²) in [7, 11) is 0. The monoisotopic (exact) mass is 788 g/mol. The number of rotatable bonds is 11. The molecular weight excluding hydrogens is 737 g/mol. The van der Waals surface area contributed by atoms with E-state index in [0.29, 0.717) is 48.3 Å². The van der Waals surface area contributed by atoms with E-state index in [4.69, 9.17) is 21.0 Å². The lowest BCUT2D eigenvalue weighted by atomic mass is 9.75. The van der Waals surface area contributed by atoms with Crippen molar-refractivity contribution < 1.29 is 24.2 Å². The summed E-state index contributed by atoms with van der Waals surface area (Å²) in [6.07, 6.45) is 2.80. The zero-order valence-electron chi connectivity index (χ0n) is 33.8. The highest BCUT2D eigenvalue weighted by Crippen LogP contribution is 2.44. The number of H-pyrrole nitrogens is 1. The number of carbonyl (C=O) groups excluding carboxylic acids is 1. The number of carboxylic acids is 1. The van der Waals surface area contributed by atoms with Gasteiger partial charge in [0.2, 0.25) is 5.69 Å². The quantitative estimate of drug-likeness (QED) is 0.0681. The third-order valence-corrected chi connectivity index (χ3v) is 12.8. The molecule has 0 amide bonds. The molecule has 57 heavy (non-hydrogen) atoms. The van der Waals surface area contributed by atoms with Crippen LogP contribution in [0.3, 0.4) is 0 Å². The summed E-state index contributed by atoms with van der Waals surface area (Å²) in [6.45, 7) is 24.4. The Morgan fingerprint density at radius 2 is 1.65 bits per heavy atom. The van der Waals surface area contributed by atoms with Crippen LogP contribution in [0.15, 0.2) is 64.5 Å². The number of benzene rings is 3. The number of aromatic nitrogens is 3. The molecule has 7 rings (SSSR count). The molecule has 1 aliphatic heterocycles. The molecule has 0 radical (unpaired) electrons. The molecule has 2 aromatic heterocycles. The average Bonchev–Trinajstić information content (AvgIpc) is 3.73. The molecule has 2 aliphatic rings. The number of esters is 1. The van der Waals surface area contributed by atoms with Crippen molar-refractivity contribution in [2.45, 2.75) is 90.2 Å². The predicted molar refractivity (Wildman–Crippen MR) is 225 cm³/mol. The Balaban J connectivity index is 1.29. The van der Waals surface area contributed by atoms with E-state index in [2.05, 4.69) is 65.2 Å². The topological polar surface area (TPSA) is 126 Å². The average molecular weight is 789 g/mol. The molecule has 2 unspecified atom stereocenters. The second kappa shape index (κ2) is 16.6. The van der Waals surface area contributed by atoms with E-state index in [-0.39, 0.29) is 41.8 Å². The molecule has 0 spiro atoms. The summed E-state index contributed by atoms with van der Waals surface area (Å²) in [5.41, 5.74) is 7.49. The van der Waals surface area contributed by atoms with E-state index in [1.165, 1.54) is 11.8 Å². The number of carbonyl (C=O) groups is 2. The first kappa shape index (κ1) is 39.8. The maximum absolute atomic E-state index is 14.3. The van der Waals surface area contributed by atoms with Gasteiger partial charge in [-0.3, -0.25) is 9.89 Å². The fourth-order valence-electron chi connectivity index (χ4n) is 8.54. The van der Waals surface area contributed by atoms with Crippen molar-refractivity contribution in [2.24, 2.45) is 23.7 Å². The van der Waals surface area contributed by atoms with E-state index >= 15 is 0 Å². The third kappa shape index (κ3) is 8.35. The normalized spacial score (nSPS) is 20.0. The van der Waals surface area contributed by atoms with E-state index in [0.717, 1.165) is 62.7 Å². The molecule has 0 bridgehead atoms. The summed E-state index contributed by atoms with van der Waals surface area (Å²) in [5, 5.41) is 17.1. The zero-order chi connectivity index (χ0) is 40.5. The molecule has 1 saturated carbocycles. The number of nitrogens with zero attached hydrogens (tertiary/aromatic N) is 4. The van der Waals surface area contributed by atoms with Crippen molar-refractivity contribution in [2.75, 3.05) is 30.0 Å².